The lowest BCUT2D eigenvalue weighted by molar-refractivity contribution is -0.127. The van der Waals surface area contributed by atoms with Gasteiger partial charge in [0.2, 0.25) is 11.8 Å². The quantitative estimate of drug-likeness (QED) is 0.311. The van der Waals surface area contributed by atoms with E-state index in [1.807, 2.05) is 0 Å². The van der Waals surface area contributed by atoms with E-state index in [2.05, 4.69) is 15.8 Å². The predicted octanol–water partition coefficient (Wildman–Crippen LogP) is 1.32. The van der Waals surface area contributed by atoms with E-state index >= 15 is 0 Å². The van der Waals surface area contributed by atoms with Gasteiger partial charge in [0.05, 0.1) is 12.6 Å². The molecule has 0 aliphatic carbocycles. The Balaban J connectivity index is 1.60. The minimum absolute atomic E-state index is 0.00704. The molecular formula is C26H28FN5O6. The molecule has 4 N–H and O–H groups in total. The number of rotatable bonds is 10. The summed E-state index contributed by atoms with van der Waals surface area (Å²) in [6.45, 7) is 1.42. The lowest BCUT2D eigenvalue weighted by Gasteiger charge is -2.24. The molecule has 11 nitrogen and oxygen atoms in total. The summed E-state index contributed by atoms with van der Waals surface area (Å²) in [4.78, 5) is 51.6. The summed E-state index contributed by atoms with van der Waals surface area (Å²) in [5.41, 5.74) is -0.246. The summed E-state index contributed by atoms with van der Waals surface area (Å²) >= 11 is 0. The number of aliphatic hydroxyl groups is 1. The minimum atomic E-state index is -1.14. The number of benzene rings is 1. The van der Waals surface area contributed by atoms with E-state index in [1.165, 1.54) is 48.7 Å². The molecule has 12 heteroatoms. The van der Waals surface area contributed by atoms with Gasteiger partial charge in [-0.25, -0.2) is 4.39 Å². The van der Waals surface area contributed by atoms with E-state index in [9.17, 15) is 28.7 Å². The van der Waals surface area contributed by atoms with Crippen LogP contribution in [0.15, 0.2) is 58.0 Å². The number of halogens is 1. The van der Waals surface area contributed by atoms with Crippen molar-refractivity contribution in [2.75, 3.05) is 18.5 Å². The Morgan fingerprint density at radius 1 is 1.32 bits per heavy atom. The number of anilines is 1. The van der Waals surface area contributed by atoms with Crippen LogP contribution in [0.1, 0.15) is 40.7 Å². The van der Waals surface area contributed by atoms with Crippen molar-refractivity contribution in [3.05, 3.63) is 81.9 Å². The van der Waals surface area contributed by atoms with Gasteiger partial charge >= 0.3 is 0 Å². The molecule has 3 aromatic rings. The molecule has 0 radical (unpaired) electrons. The van der Waals surface area contributed by atoms with Gasteiger partial charge in [-0.1, -0.05) is 17.3 Å². The topological polar surface area (TPSA) is 156 Å². The summed E-state index contributed by atoms with van der Waals surface area (Å²) in [6, 6.07) is 7.77. The zero-order valence-corrected chi connectivity index (χ0v) is 20.6. The van der Waals surface area contributed by atoms with Gasteiger partial charge in [0.15, 0.2) is 7.11 Å². The first-order valence-electron chi connectivity index (χ1n) is 12.5. The number of carbonyl (C=O) groups excluding carboxylic acids is 3. The van der Waals surface area contributed by atoms with Crippen molar-refractivity contribution in [3.8, 4) is 0 Å². The summed E-state index contributed by atoms with van der Waals surface area (Å²) < 4.78 is 27.2. The van der Waals surface area contributed by atoms with Crippen LogP contribution in [-0.2, 0) is 16.0 Å². The second kappa shape index (κ2) is 11.8. The number of aliphatic hydroxyl groups excluding tert-OH is 1. The third-order valence-corrected chi connectivity index (χ3v) is 6.29. The molecule has 38 heavy (non-hydrogen) atoms. The Bertz CT molecular complexity index is 1410. The van der Waals surface area contributed by atoms with Crippen LogP contribution in [-0.4, -0.2) is 51.7 Å². The number of carbonyl (C=O) groups is 3. The summed E-state index contributed by atoms with van der Waals surface area (Å²) in [7, 11) is 0. The molecule has 1 aliphatic heterocycles. The molecule has 2 aromatic heterocycles. The van der Waals surface area contributed by atoms with Gasteiger partial charge in [-0.15, -0.1) is 0 Å². The average Bonchev–Trinajstić information content (AvgIpc) is 3.49. The van der Waals surface area contributed by atoms with E-state index in [0.717, 1.165) is 9.88 Å². The Labute approximate surface area is 218 Å². The van der Waals surface area contributed by atoms with E-state index in [-0.39, 0.29) is 36.7 Å². The van der Waals surface area contributed by atoms with Crippen molar-refractivity contribution in [3.63, 3.8) is 0 Å². The van der Waals surface area contributed by atoms with Crippen molar-refractivity contribution in [1.29, 1.82) is 0 Å². The van der Waals surface area contributed by atoms with Crippen molar-refractivity contribution < 1.29 is 29.8 Å². The SMILES string of the molecule is [2H]N1CC[C@@H](C[C@@H](CO)NC(=O)[C@H](Cc2ccc(F)cc2)n2cccc(NC(=O)c3cc(C)on3)c2=O)C1=O. The van der Waals surface area contributed by atoms with E-state index in [4.69, 9.17) is 5.93 Å². The maximum absolute atomic E-state index is 13.5. The molecular weight excluding hydrogens is 497 g/mol. The fourth-order valence-corrected chi connectivity index (χ4v) is 4.29. The highest BCUT2D eigenvalue weighted by molar-refractivity contribution is 6.02. The van der Waals surface area contributed by atoms with Crippen molar-refractivity contribution in [2.45, 2.75) is 38.3 Å². The molecule has 3 atom stereocenters. The van der Waals surface area contributed by atoms with Gasteiger partial charge in [0, 0.05) is 31.1 Å². The zero-order valence-electron chi connectivity index (χ0n) is 21.6. The van der Waals surface area contributed by atoms with Gasteiger partial charge in [-0.3, -0.25) is 19.2 Å². The third kappa shape index (κ3) is 6.32. The standard InChI is InChI=1S/C26H28FN5O6/c1-15-11-21(31-38-15)24(35)30-20-3-2-10-32(26(20)37)22(12-16-4-6-18(27)7-5-16)25(36)29-19(14-33)13-17-8-9-28-23(17)34/h2-7,10-11,17,19,22,33H,8-9,12-14H2,1H3,(H,28,34)(H,29,36)(H,30,35)/t17-,19-,22-/m0/s1/i/hD. The van der Waals surface area contributed by atoms with Crippen LogP contribution < -0.4 is 21.5 Å². The van der Waals surface area contributed by atoms with Crippen LogP contribution in [0.5, 0.6) is 0 Å². The number of nitrogens with zero attached hydrogens (tertiary/aromatic N) is 2. The second-order valence-electron chi connectivity index (χ2n) is 9.09. The molecule has 1 aliphatic rings. The zero-order chi connectivity index (χ0) is 28.1. The Morgan fingerprint density at radius 2 is 2.08 bits per heavy atom. The molecule has 0 unspecified atom stereocenters. The van der Waals surface area contributed by atoms with Crippen molar-refractivity contribution in [1.82, 2.24) is 20.4 Å². The number of aryl methyl sites for hydroxylation is 1. The van der Waals surface area contributed by atoms with E-state index in [0.29, 0.717) is 17.7 Å². The number of amides is 3. The predicted molar refractivity (Wildman–Crippen MR) is 134 cm³/mol. The summed E-state index contributed by atoms with van der Waals surface area (Å²) in [5.74, 6) is -2.25. The lowest BCUT2D eigenvalue weighted by Crippen LogP contribution is -2.45. The Kier molecular flexibility index (Phi) is 7.88. The number of aromatic nitrogens is 2. The highest BCUT2D eigenvalue weighted by Gasteiger charge is 2.30. The van der Waals surface area contributed by atoms with Crippen molar-refractivity contribution >= 4 is 23.4 Å². The molecule has 1 saturated heterocycles. The number of pyridine rings is 1. The van der Waals surface area contributed by atoms with Gasteiger partial charge in [-0.05, 0) is 49.6 Å². The first-order valence-corrected chi connectivity index (χ1v) is 12.1. The van der Waals surface area contributed by atoms with E-state index in [1.54, 1.807) is 6.92 Å². The van der Waals surface area contributed by atoms with Crippen LogP contribution in [0.3, 0.4) is 0 Å². The maximum Gasteiger partial charge on any atom is 0.278 e. The normalized spacial score (nSPS) is 17.1. The Hall–Kier alpha value is -4.32. The smallest absolute Gasteiger partial charge is 0.278 e. The van der Waals surface area contributed by atoms with Gasteiger partial charge in [0.1, 0.15) is 23.3 Å². The molecule has 200 valence electrons. The van der Waals surface area contributed by atoms with Crippen LogP contribution in [0, 0.1) is 18.7 Å². The number of hydrogen-bond donors (Lipinski definition) is 4. The van der Waals surface area contributed by atoms with Gasteiger partial charge in [-0.2, -0.15) is 0 Å². The lowest BCUT2D eigenvalue weighted by atomic mass is 9.98. The highest BCUT2D eigenvalue weighted by atomic mass is 19.1. The monoisotopic (exact) mass is 526 g/mol. The first kappa shape index (κ1) is 25.3. The number of nitrogens with one attached hydrogen (secondary N) is 3. The highest BCUT2D eigenvalue weighted by Crippen LogP contribution is 2.19. The van der Waals surface area contributed by atoms with Crippen LogP contribution in [0.4, 0.5) is 10.1 Å². The van der Waals surface area contributed by atoms with Crippen molar-refractivity contribution in [2.24, 2.45) is 5.92 Å². The van der Waals surface area contributed by atoms with Crippen LogP contribution in [0.2, 0.25) is 1.41 Å². The molecule has 4 rings (SSSR count). The van der Waals surface area contributed by atoms with Crippen LogP contribution >= 0.6 is 0 Å². The fourth-order valence-electron chi connectivity index (χ4n) is 4.29. The third-order valence-electron chi connectivity index (χ3n) is 6.29. The van der Waals surface area contributed by atoms with Crippen LogP contribution in [0.25, 0.3) is 0 Å². The summed E-state index contributed by atoms with van der Waals surface area (Å²) in [6.07, 6.45) is 1.94. The molecule has 3 amide bonds. The number of hydrogen-bond acceptors (Lipinski definition) is 7. The molecule has 1 fully saturated rings. The van der Waals surface area contributed by atoms with E-state index < -0.39 is 47.8 Å². The average molecular weight is 527 g/mol. The summed E-state index contributed by atoms with van der Waals surface area (Å²) in [5, 5.41) is 19.6. The van der Waals surface area contributed by atoms with Gasteiger partial charge in [0.25, 0.3) is 11.5 Å². The molecule has 3 heterocycles. The maximum atomic E-state index is 13.5. The minimum Gasteiger partial charge on any atom is -0.394 e. The first-order chi connectivity index (χ1) is 18.7. The molecule has 0 bridgehead atoms. The Morgan fingerprint density at radius 3 is 2.71 bits per heavy atom. The molecule has 1 aromatic carbocycles. The van der Waals surface area contributed by atoms with Gasteiger partial charge < -0.3 is 30.1 Å². The fraction of sp³-hybridized carbons (Fsp3) is 0.346. The second-order valence-corrected chi connectivity index (χ2v) is 9.09. The molecule has 0 spiro atoms. The largest absolute Gasteiger partial charge is 0.394 e. The molecule has 0 saturated carbocycles.